The predicted molar refractivity (Wildman–Crippen MR) is 209 cm³/mol. The number of aromatic nitrogens is 4. The Labute approximate surface area is 305 Å². The van der Waals surface area contributed by atoms with Crippen LogP contribution < -0.4 is 0 Å². The van der Waals surface area contributed by atoms with Gasteiger partial charge in [-0.25, -0.2) is 15.0 Å². The van der Waals surface area contributed by atoms with Crippen molar-refractivity contribution in [1.82, 2.24) is 19.5 Å². The van der Waals surface area contributed by atoms with Gasteiger partial charge in [-0.05, 0) is 35.9 Å². The van der Waals surface area contributed by atoms with Gasteiger partial charge < -0.3 is 4.57 Å². The maximum atomic E-state index is 9.16. The fourth-order valence-electron chi connectivity index (χ4n) is 6.61. The topological polar surface area (TPSA) is 43.6 Å². The molecule has 0 aliphatic carbocycles. The molecule has 10 rings (SSSR count). The lowest BCUT2D eigenvalue weighted by molar-refractivity contribution is 1.07. The Balaban J connectivity index is 1.24. The van der Waals surface area contributed by atoms with Gasteiger partial charge in [0.05, 0.1) is 23.4 Å². The van der Waals surface area contributed by atoms with E-state index < -0.39 is 42.3 Å². The van der Waals surface area contributed by atoms with Crippen molar-refractivity contribution >= 4 is 53.3 Å². The molecule has 3 aromatic heterocycles. The predicted octanol–water partition coefficient (Wildman–Crippen LogP) is 12.0. The lowest BCUT2D eigenvalue weighted by Gasteiger charge is -2.13. The minimum absolute atomic E-state index is 0.0534. The van der Waals surface area contributed by atoms with Gasteiger partial charge in [-0.3, -0.25) is 0 Å². The molecule has 0 saturated heterocycles. The molecule has 4 nitrogen and oxygen atoms in total. The average Bonchev–Trinajstić information content (AvgIpc) is 3.83. The maximum Gasteiger partial charge on any atom is 0.164 e. The molecule has 0 radical (unpaired) electrons. The van der Waals surface area contributed by atoms with Gasteiger partial charge in [0.15, 0.2) is 17.5 Å². The second-order valence-corrected chi connectivity index (χ2v) is 12.9. The van der Waals surface area contributed by atoms with Crippen molar-refractivity contribution in [2.75, 3.05) is 0 Å². The number of nitrogens with zero attached hydrogens (tertiary/aromatic N) is 4. The van der Waals surface area contributed by atoms with Gasteiger partial charge in [-0.15, -0.1) is 11.3 Å². The molecule has 0 unspecified atom stereocenters. The van der Waals surface area contributed by atoms with Crippen LogP contribution in [0.5, 0.6) is 0 Å². The van der Waals surface area contributed by atoms with E-state index in [1.165, 1.54) is 10.1 Å². The number of hydrogen-bond acceptors (Lipinski definition) is 4. The summed E-state index contributed by atoms with van der Waals surface area (Å²) in [6, 6.07) is 32.6. The highest BCUT2D eigenvalue weighted by atomic mass is 32.1. The quantitative estimate of drug-likeness (QED) is 0.184. The first-order valence-corrected chi connectivity index (χ1v) is 16.8. The number of rotatable bonds is 5. The van der Waals surface area contributed by atoms with E-state index >= 15 is 0 Å². The molecule has 7 aromatic carbocycles. The molecule has 0 atom stereocenters. The summed E-state index contributed by atoms with van der Waals surface area (Å²) in [6.45, 7) is 0. The summed E-state index contributed by atoms with van der Waals surface area (Å²) < 4.78 is 82.2. The third-order valence-corrected chi connectivity index (χ3v) is 9.99. The Morgan fingerprint density at radius 2 is 1.12 bits per heavy atom. The molecule has 3 heterocycles. The van der Waals surface area contributed by atoms with Gasteiger partial charge in [-0.2, -0.15) is 0 Å². The molecule has 0 saturated carbocycles. The van der Waals surface area contributed by atoms with E-state index in [0.717, 1.165) is 21.2 Å². The van der Waals surface area contributed by atoms with Crippen molar-refractivity contribution in [2.24, 2.45) is 0 Å². The molecule has 234 valence electrons. The Morgan fingerprint density at radius 1 is 0.460 bits per heavy atom. The number of thiophene rings is 1. The maximum absolute atomic E-state index is 9.16. The highest BCUT2D eigenvalue weighted by Gasteiger charge is 2.18. The Morgan fingerprint density at radius 3 is 1.98 bits per heavy atom. The van der Waals surface area contributed by atoms with E-state index in [0.29, 0.717) is 39.6 Å². The van der Waals surface area contributed by atoms with Gasteiger partial charge >= 0.3 is 0 Å². The zero-order valence-corrected chi connectivity index (χ0v) is 27.0. The number of fused-ring (bicyclic) bond motifs is 6. The van der Waals surface area contributed by atoms with Crippen molar-refractivity contribution in [3.8, 4) is 51.0 Å². The fourth-order valence-corrected chi connectivity index (χ4v) is 7.76. The van der Waals surface area contributed by atoms with Crippen LogP contribution in [0.1, 0.15) is 12.3 Å². The molecule has 10 aromatic rings. The molecular formula is C45H28N4S. The summed E-state index contributed by atoms with van der Waals surface area (Å²) in [6.07, 6.45) is 0. The Kier molecular flexibility index (Phi) is 4.84. The molecule has 50 heavy (non-hydrogen) atoms. The highest BCUT2D eigenvalue weighted by molar-refractivity contribution is 7.25. The first kappa shape index (κ1) is 20.8. The SMILES string of the molecule is [2H]c1c([2H])c([2H])c(-c2cccc3c4c([2H])c([2H])c([2H])c([2H])c4n(-c4cccc(-c5nc(-c6ccccc6)nc(-c6ccc7c(c6)sc6ccccc67)n5)c4)c23)c([2H])c1[2H]. The normalized spacial score (nSPS) is 14.1. The van der Waals surface area contributed by atoms with Crippen LogP contribution in [0, 0.1) is 0 Å². The van der Waals surface area contributed by atoms with Crippen LogP contribution in [0.4, 0.5) is 0 Å². The first-order chi connectivity index (χ1) is 28.5. The minimum atomic E-state index is -0.529. The zero-order valence-electron chi connectivity index (χ0n) is 35.2. The highest BCUT2D eigenvalue weighted by Crippen LogP contribution is 2.39. The van der Waals surface area contributed by atoms with Gasteiger partial charge in [-0.1, -0.05) is 139 Å². The van der Waals surface area contributed by atoms with E-state index in [1.54, 1.807) is 46.2 Å². The molecule has 0 N–H and O–H groups in total. The zero-order chi connectivity index (χ0) is 40.9. The van der Waals surface area contributed by atoms with Gasteiger partial charge in [0.25, 0.3) is 0 Å². The summed E-state index contributed by atoms with van der Waals surface area (Å²) in [4.78, 5) is 14.9. The van der Waals surface area contributed by atoms with E-state index in [4.69, 9.17) is 27.3 Å². The van der Waals surface area contributed by atoms with Crippen LogP contribution in [-0.2, 0) is 0 Å². The van der Waals surface area contributed by atoms with Crippen molar-refractivity contribution in [3.63, 3.8) is 0 Å². The lowest BCUT2D eigenvalue weighted by atomic mass is 10.0. The fraction of sp³-hybridized carbons (Fsp3) is 0. The van der Waals surface area contributed by atoms with Gasteiger partial charge in [0.1, 0.15) is 0 Å². The molecule has 0 spiro atoms. The molecule has 5 heteroatoms. The third kappa shape index (κ3) is 4.71. The minimum Gasteiger partial charge on any atom is -0.309 e. The summed E-state index contributed by atoms with van der Waals surface area (Å²) >= 11 is 1.70. The number of para-hydroxylation sites is 2. The second kappa shape index (κ2) is 11.6. The van der Waals surface area contributed by atoms with Crippen LogP contribution in [-0.4, -0.2) is 19.5 Å². The number of hydrogen-bond donors (Lipinski definition) is 0. The van der Waals surface area contributed by atoms with Crippen LogP contribution >= 0.6 is 11.3 Å². The van der Waals surface area contributed by atoms with E-state index in [-0.39, 0.29) is 34.1 Å². The smallest absolute Gasteiger partial charge is 0.164 e. The van der Waals surface area contributed by atoms with Crippen LogP contribution in [0.3, 0.4) is 0 Å². The van der Waals surface area contributed by atoms with Crippen molar-refractivity contribution in [2.45, 2.75) is 0 Å². The van der Waals surface area contributed by atoms with Crippen LogP contribution in [0.2, 0.25) is 0 Å². The molecular weight excluding hydrogens is 629 g/mol. The Bertz CT molecular complexity index is 3370. The number of benzene rings is 7. The summed E-state index contributed by atoms with van der Waals surface area (Å²) in [7, 11) is 0. The first-order valence-electron chi connectivity index (χ1n) is 20.5. The standard InChI is InChI=1S/C45H28N4S/c1-3-13-29(14-4-1)34-21-12-22-38-35-19-7-9-23-39(35)49(42(34)38)33-18-11-17-31(27-33)44-46-43(30-15-5-2-6-16-30)47-45(48-44)32-25-26-37-36-20-8-10-24-40(36)50-41(37)28-32/h1-28H/i1D,3D,4D,7D,9D,13D,14D,19D,23D. The Hall–Kier alpha value is -6.43. The van der Waals surface area contributed by atoms with E-state index in [2.05, 4.69) is 24.3 Å². The summed E-state index contributed by atoms with van der Waals surface area (Å²) in [5.41, 5.74) is 3.39. The van der Waals surface area contributed by atoms with Crippen LogP contribution in [0.15, 0.2) is 170 Å². The van der Waals surface area contributed by atoms with E-state index in [9.17, 15) is 0 Å². The summed E-state index contributed by atoms with van der Waals surface area (Å²) in [5, 5.41) is 2.98. The average molecular weight is 666 g/mol. The van der Waals surface area contributed by atoms with Crippen molar-refractivity contribution in [3.05, 3.63) is 170 Å². The lowest BCUT2D eigenvalue weighted by Crippen LogP contribution is -2.01. The second-order valence-electron chi connectivity index (χ2n) is 11.8. The van der Waals surface area contributed by atoms with Crippen LogP contribution in [0.25, 0.3) is 93.0 Å². The largest absolute Gasteiger partial charge is 0.309 e. The van der Waals surface area contributed by atoms with Crippen molar-refractivity contribution < 1.29 is 12.3 Å². The molecule has 0 bridgehead atoms. The molecule has 0 aliphatic rings. The van der Waals surface area contributed by atoms with Gasteiger partial charge in [0, 0.05) is 58.9 Å². The molecule has 0 fully saturated rings. The summed E-state index contributed by atoms with van der Waals surface area (Å²) in [5.74, 6) is 1.29. The monoisotopic (exact) mass is 665 g/mol. The molecule has 0 aliphatic heterocycles. The third-order valence-electron chi connectivity index (χ3n) is 8.86. The van der Waals surface area contributed by atoms with Crippen molar-refractivity contribution in [1.29, 1.82) is 0 Å². The molecule has 0 amide bonds. The van der Waals surface area contributed by atoms with Gasteiger partial charge in [0.2, 0.25) is 0 Å². The van der Waals surface area contributed by atoms with E-state index in [1.807, 2.05) is 60.7 Å².